The number of aromatic nitrogens is 1. The molecule has 134 valence electrons. The number of hydrogen-bond donors (Lipinski definition) is 1. The summed E-state index contributed by atoms with van der Waals surface area (Å²) in [4.78, 5) is 24.8. The first-order valence-electron chi connectivity index (χ1n) is 7.61. The van der Waals surface area contributed by atoms with Crippen molar-refractivity contribution < 1.29 is 22.7 Å². The second-order valence-corrected chi connectivity index (χ2v) is 7.43. The van der Waals surface area contributed by atoms with Crippen LogP contribution in [0.2, 0.25) is 0 Å². The van der Waals surface area contributed by atoms with Gasteiger partial charge in [0.2, 0.25) is 10.0 Å². The summed E-state index contributed by atoms with van der Waals surface area (Å²) in [6, 6.07) is 13.1. The number of carbonyl (C=O) groups is 2. The number of nitrogens with one attached hydrogen (secondary N) is 1. The van der Waals surface area contributed by atoms with E-state index in [0.29, 0.717) is 27.7 Å². The highest BCUT2D eigenvalue weighted by Crippen LogP contribution is 2.23. The number of esters is 1. The lowest BCUT2D eigenvalue weighted by molar-refractivity contribution is 0.0603. The van der Waals surface area contributed by atoms with Gasteiger partial charge in [0, 0.05) is 22.8 Å². The summed E-state index contributed by atoms with van der Waals surface area (Å²) in [6.45, 7) is 0. The molecule has 0 radical (unpaired) electrons. The molecule has 0 aliphatic rings. The largest absolute Gasteiger partial charge is 0.465 e. The molecular weight excluding hydrogens is 356 g/mol. The number of nitrogens with zero attached hydrogens (tertiary/aromatic N) is 1. The van der Waals surface area contributed by atoms with Crippen molar-refractivity contribution in [2.45, 2.75) is 0 Å². The van der Waals surface area contributed by atoms with Gasteiger partial charge in [-0.25, -0.2) is 13.2 Å². The summed E-state index contributed by atoms with van der Waals surface area (Å²) in [5, 5.41) is 0.614. The van der Waals surface area contributed by atoms with Crippen LogP contribution in [0, 0.1) is 0 Å². The van der Waals surface area contributed by atoms with E-state index >= 15 is 0 Å². The molecule has 0 saturated heterocycles. The topological polar surface area (TPSA) is 94.5 Å². The van der Waals surface area contributed by atoms with Crippen LogP contribution in [0.1, 0.15) is 20.7 Å². The van der Waals surface area contributed by atoms with Crippen LogP contribution in [0.5, 0.6) is 0 Å². The lowest BCUT2D eigenvalue weighted by atomic mass is 10.2. The van der Waals surface area contributed by atoms with E-state index in [9.17, 15) is 18.0 Å². The van der Waals surface area contributed by atoms with E-state index in [1.54, 1.807) is 24.3 Å². The minimum absolute atomic E-state index is 0.298. The van der Waals surface area contributed by atoms with E-state index in [-0.39, 0.29) is 5.91 Å². The molecule has 0 amide bonds. The SMILES string of the molecule is COC(=O)c1cn(C(=O)c2ccc(NS(C)(=O)=O)cc2)c2ccccc12. The molecule has 0 unspecified atom stereocenters. The molecule has 0 bridgehead atoms. The van der Waals surface area contributed by atoms with Crippen LogP contribution in [0.15, 0.2) is 54.7 Å². The fourth-order valence-corrected chi connectivity index (χ4v) is 3.22. The van der Waals surface area contributed by atoms with E-state index in [4.69, 9.17) is 4.74 Å². The Morgan fingerprint density at radius 2 is 1.69 bits per heavy atom. The molecule has 0 saturated carbocycles. The highest BCUT2D eigenvalue weighted by molar-refractivity contribution is 7.92. The smallest absolute Gasteiger partial charge is 0.340 e. The molecule has 8 heteroatoms. The van der Waals surface area contributed by atoms with Gasteiger partial charge in [-0.3, -0.25) is 14.1 Å². The Balaban J connectivity index is 2.01. The van der Waals surface area contributed by atoms with Crippen molar-refractivity contribution in [3.05, 3.63) is 65.9 Å². The number of anilines is 1. The van der Waals surface area contributed by atoms with Crippen molar-refractivity contribution >= 4 is 38.5 Å². The molecule has 26 heavy (non-hydrogen) atoms. The van der Waals surface area contributed by atoms with Crippen molar-refractivity contribution in [3.63, 3.8) is 0 Å². The first-order valence-corrected chi connectivity index (χ1v) is 9.50. The van der Waals surface area contributed by atoms with Gasteiger partial charge < -0.3 is 4.74 Å². The average molecular weight is 372 g/mol. The van der Waals surface area contributed by atoms with Crippen LogP contribution in [-0.2, 0) is 14.8 Å². The lowest BCUT2D eigenvalue weighted by Gasteiger charge is -2.07. The number of methoxy groups -OCH3 is 1. The fraction of sp³-hybridized carbons (Fsp3) is 0.111. The predicted octanol–water partition coefficient (Wildman–Crippen LogP) is 2.49. The monoisotopic (exact) mass is 372 g/mol. The Kier molecular flexibility index (Phi) is 4.52. The van der Waals surface area contributed by atoms with Crippen molar-refractivity contribution in [2.24, 2.45) is 0 Å². The minimum Gasteiger partial charge on any atom is -0.465 e. The second kappa shape index (κ2) is 6.64. The quantitative estimate of drug-likeness (QED) is 0.710. The van der Waals surface area contributed by atoms with Crippen molar-refractivity contribution in [1.82, 2.24) is 4.57 Å². The standard InChI is InChI=1S/C18H16N2O5S/c1-25-18(22)15-11-20(16-6-4-3-5-14(15)16)17(21)12-7-9-13(10-8-12)19-26(2,23)24/h3-11,19H,1-2H3. The average Bonchev–Trinajstić information content (AvgIpc) is 2.99. The maximum absolute atomic E-state index is 12.9. The third-order valence-electron chi connectivity index (χ3n) is 3.77. The first-order chi connectivity index (χ1) is 12.3. The number of benzene rings is 2. The summed E-state index contributed by atoms with van der Waals surface area (Å²) >= 11 is 0. The minimum atomic E-state index is -3.39. The van der Waals surface area contributed by atoms with E-state index < -0.39 is 16.0 Å². The zero-order valence-corrected chi connectivity index (χ0v) is 14.9. The van der Waals surface area contributed by atoms with Crippen molar-refractivity contribution in [1.29, 1.82) is 0 Å². The predicted molar refractivity (Wildman–Crippen MR) is 97.9 cm³/mol. The molecule has 1 N–H and O–H groups in total. The van der Waals surface area contributed by atoms with Gasteiger partial charge in [0.25, 0.3) is 5.91 Å². The summed E-state index contributed by atoms with van der Waals surface area (Å²) < 4.78 is 31.0. The van der Waals surface area contributed by atoms with Gasteiger partial charge >= 0.3 is 5.97 Å². The van der Waals surface area contributed by atoms with Gasteiger partial charge in [0.05, 0.1) is 24.4 Å². The lowest BCUT2D eigenvalue weighted by Crippen LogP contribution is -2.12. The number of hydrogen-bond acceptors (Lipinski definition) is 5. The summed E-state index contributed by atoms with van der Waals surface area (Å²) in [5.74, 6) is -0.872. The maximum atomic E-state index is 12.9. The van der Waals surface area contributed by atoms with Gasteiger partial charge in [0.15, 0.2) is 0 Å². The third kappa shape index (κ3) is 3.45. The molecule has 3 rings (SSSR count). The zero-order valence-electron chi connectivity index (χ0n) is 14.1. The van der Waals surface area contributed by atoms with Crippen LogP contribution in [-0.4, -0.2) is 38.2 Å². The molecule has 1 aromatic heterocycles. The number of para-hydroxylation sites is 1. The number of fused-ring (bicyclic) bond motifs is 1. The van der Waals surface area contributed by atoms with Crippen LogP contribution in [0.25, 0.3) is 10.9 Å². The fourth-order valence-electron chi connectivity index (χ4n) is 2.65. The van der Waals surface area contributed by atoms with E-state index in [1.807, 2.05) is 0 Å². The molecule has 2 aromatic carbocycles. The summed E-state index contributed by atoms with van der Waals surface area (Å²) in [6.07, 6.45) is 2.49. The Hall–Kier alpha value is -3.13. The number of sulfonamides is 1. The highest BCUT2D eigenvalue weighted by atomic mass is 32.2. The van der Waals surface area contributed by atoms with E-state index in [1.165, 1.54) is 42.1 Å². The number of rotatable bonds is 4. The molecule has 3 aromatic rings. The number of carbonyl (C=O) groups excluding carboxylic acids is 2. The zero-order chi connectivity index (χ0) is 18.9. The normalized spacial score (nSPS) is 11.3. The van der Waals surface area contributed by atoms with Crippen LogP contribution < -0.4 is 4.72 Å². The molecule has 0 aliphatic carbocycles. The highest BCUT2D eigenvalue weighted by Gasteiger charge is 2.19. The molecule has 0 spiro atoms. The van der Waals surface area contributed by atoms with Gasteiger partial charge in [-0.05, 0) is 30.3 Å². The Labute approximate surface area is 150 Å². The van der Waals surface area contributed by atoms with E-state index in [2.05, 4.69) is 4.72 Å². The second-order valence-electron chi connectivity index (χ2n) is 5.68. The summed E-state index contributed by atoms with van der Waals surface area (Å²) in [5.41, 5.74) is 1.58. The molecular formula is C18H16N2O5S. The van der Waals surface area contributed by atoms with Crippen LogP contribution >= 0.6 is 0 Å². The number of ether oxygens (including phenoxy) is 1. The third-order valence-corrected chi connectivity index (χ3v) is 4.38. The Morgan fingerprint density at radius 1 is 1.04 bits per heavy atom. The van der Waals surface area contributed by atoms with Gasteiger partial charge in [-0.15, -0.1) is 0 Å². The maximum Gasteiger partial charge on any atom is 0.340 e. The Morgan fingerprint density at radius 3 is 2.31 bits per heavy atom. The molecule has 0 fully saturated rings. The Bertz CT molecular complexity index is 1100. The molecule has 7 nitrogen and oxygen atoms in total. The van der Waals surface area contributed by atoms with Gasteiger partial charge in [-0.1, -0.05) is 18.2 Å². The summed E-state index contributed by atoms with van der Waals surface area (Å²) in [7, 11) is -2.11. The first kappa shape index (κ1) is 17.7. The molecule has 0 aliphatic heterocycles. The van der Waals surface area contributed by atoms with Crippen LogP contribution in [0.3, 0.4) is 0 Å². The van der Waals surface area contributed by atoms with E-state index in [0.717, 1.165) is 6.26 Å². The molecule has 1 heterocycles. The molecule has 0 atom stereocenters. The van der Waals surface area contributed by atoms with Gasteiger partial charge in [-0.2, -0.15) is 0 Å². The van der Waals surface area contributed by atoms with Crippen molar-refractivity contribution in [3.8, 4) is 0 Å². The van der Waals surface area contributed by atoms with Crippen LogP contribution in [0.4, 0.5) is 5.69 Å². The van der Waals surface area contributed by atoms with Crippen molar-refractivity contribution in [2.75, 3.05) is 18.1 Å². The van der Waals surface area contributed by atoms with Gasteiger partial charge in [0.1, 0.15) is 0 Å².